The van der Waals surface area contributed by atoms with Gasteiger partial charge in [0.1, 0.15) is 5.84 Å². The van der Waals surface area contributed by atoms with Gasteiger partial charge in [-0.25, -0.2) is 0 Å². The number of amidine groups is 1. The van der Waals surface area contributed by atoms with Crippen LogP contribution in [0.25, 0.3) is 0 Å². The molecule has 3 unspecified atom stereocenters. The molecule has 3 atom stereocenters. The molecule has 0 spiro atoms. The molecule has 3 nitrogen and oxygen atoms in total. The minimum atomic E-state index is 0.0882. The van der Waals surface area contributed by atoms with E-state index in [4.69, 9.17) is 11.1 Å². The fourth-order valence-electron chi connectivity index (χ4n) is 2.31. The van der Waals surface area contributed by atoms with E-state index in [1.165, 1.54) is 25.7 Å². The van der Waals surface area contributed by atoms with Crippen molar-refractivity contribution in [2.45, 2.75) is 51.6 Å². The van der Waals surface area contributed by atoms with Gasteiger partial charge in [0.2, 0.25) is 0 Å². The van der Waals surface area contributed by atoms with Crippen molar-refractivity contribution in [2.75, 3.05) is 7.05 Å². The molecule has 0 bridgehead atoms. The van der Waals surface area contributed by atoms with Crippen LogP contribution < -0.4 is 5.73 Å². The molecule has 3 heteroatoms. The Kier molecular flexibility index (Phi) is 3.93. The second-order valence-electron chi connectivity index (χ2n) is 4.72. The SMILES string of the molecule is CC1CCCC(N(C)C(C)C(=N)N)C1. The molecule has 82 valence electrons. The molecule has 14 heavy (non-hydrogen) atoms. The monoisotopic (exact) mass is 197 g/mol. The molecule has 1 fully saturated rings. The van der Waals surface area contributed by atoms with Crippen molar-refractivity contribution in [2.24, 2.45) is 11.7 Å². The van der Waals surface area contributed by atoms with Gasteiger partial charge in [0.15, 0.2) is 0 Å². The van der Waals surface area contributed by atoms with Crippen LogP contribution in [0.5, 0.6) is 0 Å². The van der Waals surface area contributed by atoms with Crippen molar-refractivity contribution in [3.63, 3.8) is 0 Å². The summed E-state index contributed by atoms with van der Waals surface area (Å²) in [6.07, 6.45) is 5.20. The van der Waals surface area contributed by atoms with Gasteiger partial charge in [-0.3, -0.25) is 10.3 Å². The van der Waals surface area contributed by atoms with Crippen LogP contribution >= 0.6 is 0 Å². The fourth-order valence-corrected chi connectivity index (χ4v) is 2.31. The van der Waals surface area contributed by atoms with E-state index in [9.17, 15) is 0 Å². The third-order valence-corrected chi connectivity index (χ3v) is 3.55. The van der Waals surface area contributed by atoms with E-state index in [0.717, 1.165) is 5.92 Å². The zero-order valence-corrected chi connectivity index (χ0v) is 9.59. The van der Waals surface area contributed by atoms with Gasteiger partial charge in [-0.15, -0.1) is 0 Å². The molecule has 1 aliphatic rings. The second-order valence-corrected chi connectivity index (χ2v) is 4.72. The highest BCUT2D eigenvalue weighted by atomic mass is 15.2. The maximum Gasteiger partial charge on any atom is 0.108 e. The largest absolute Gasteiger partial charge is 0.386 e. The fraction of sp³-hybridized carbons (Fsp3) is 0.909. The number of hydrogen-bond acceptors (Lipinski definition) is 2. The standard InChI is InChI=1S/C11H23N3/c1-8-5-4-6-10(7-8)14(3)9(2)11(12)13/h8-10H,4-7H2,1-3H3,(H3,12,13). The molecule has 0 aliphatic heterocycles. The van der Waals surface area contributed by atoms with Gasteiger partial charge < -0.3 is 5.73 Å². The van der Waals surface area contributed by atoms with Gasteiger partial charge >= 0.3 is 0 Å². The lowest BCUT2D eigenvalue weighted by Gasteiger charge is -2.37. The molecule has 0 aromatic heterocycles. The third kappa shape index (κ3) is 2.71. The van der Waals surface area contributed by atoms with Gasteiger partial charge in [-0.1, -0.05) is 19.8 Å². The Bertz CT molecular complexity index is 203. The van der Waals surface area contributed by atoms with Crippen LogP contribution in [0.15, 0.2) is 0 Å². The van der Waals surface area contributed by atoms with Crippen molar-refractivity contribution < 1.29 is 0 Å². The average molecular weight is 197 g/mol. The average Bonchev–Trinajstić information content (AvgIpc) is 2.15. The highest BCUT2D eigenvalue weighted by molar-refractivity contribution is 5.82. The number of rotatable bonds is 3. The van der Waals surface area contributed by atoms with Crippen molar-refractivity contribution in [1.82, 2.24) is 4.90 Å². The van der Waals surface area contributed by atoms with Gasteiger partial charge in [0, 0.05) is 6.04 Å². The Hall–Kier alpha value is -0.570. The zero-order valence-electron chi connectivity index (χ0n) is 9.59. The summed E-state index contributed by atoms with van der Waals surface area (Å²) in [4.78, 5) is 2.26. The number of likely N-dealkylation sites (N-methyl/N-ethyl adjacent to an activating group) is 1. The van der Waals surface area contributed by atoms with E-state index in [2.05, 4.69) is 18.9 Å². The van der Waals surface area contributed by atoms with Crippen molar-refractivity contribution in [3.8, 4) is 0 Å². The Morgan fingerprint density at radius 2 is 2.14 bits per heavy atom. The molecular formula is C11H23N3. The predicted molar refractivity (Wildman–Crippen MR) is 60.6 cm³/mol. The van der Waals surface area contributed by atoms with E-state index < -0.39 is 0 Å². The molecule has 3 N–H and O–H groups in total. The van der Waals surface area contributed by atoms with Crippen LogP contribution in [0.3, 0.4) is 0 Å². The molecule has 0 aromatic rings. The normalized spacial score (nSPS) is 30.3. The van der Waals surface area contributed by atoms with Crippen LogP contribution in [0.2, 0.25) is 0 Å². The minimum Gasteiger partial charge on any atom is -0.386 e. The number of hydrogen-bond donors (Lipinski definition) is 2. The van der Waals surface area contributed by atoms with Gasteiger partial charge in [-0.05, 0) is 32.7 Å². The predicted octanol–water partition coefficient (Wildman–Crippen LogP) is 1.82. The quantitative estimate of drug-likeness (QED) is 0.535. The summed E-state index contributed by atoms with van der Waals surface area (Å²) in [7, 11) is 2.09. The first-order valence-corrected chi connectivity index (χ1v) is 5.58. The van der Waals surface area contributed by atoms with E-state index in [1.807, 2.05) is 6.92 Å². The Morgan fingerprint density at radius 3 is 2.64 bits per heavy atom. The minimum absolute atomic E-state index is 0.0882. The number of nitrogens with zero attached hydrogens (tertiary/aromatic N) is 1. The summed E-state index contributed by atoms with van der Waals surface area (Å²) < 4.78 is 0. The lowest BCUT2D eigenvalue weighted by molar-refractivity contribution is 0.151. The molecule has 1 aliphatic carbocycles. The first-order valence-electron chi connectivity index (χ1n) is 5.58. The van der Waals surface area contributed by atoms with Crippen LogP contribution in [0.1, 0.15) is 39.5 Å². The Balaban J connectivity index is 2.50. The van der Waals surface area contributed by atoms with Crippen LogP contribution in [0.4, 0.5) is 0 Å². The first kappa shape index (κ1) is 11.5. The Labute approximate surface area is 87.2 Å². The Morgan fingerprint density at radius 1 is 1.50 bits per heavy atom. The van der Waals surface area contributed by atoms with E-state index >= 15 is 0 Å². The summed E-state index contributed by atoms with van der Waals surface area (Å²) in [5.74, 6) is 1.11. The second kappa shape index (κ2) is 4.78. The maximum atomic E-state index is 7.44. The third-order valence-electron chi connectivity index (χ3n) is 3.55. The van der Waals surface area contributed by atoms with Crippen molar-refractivity contribution in [1.29, 1.82) is 5.41 Å². The number of nitrogens with two attached hydrogens (primary N) is 1. The van der Waals surface area contributed by atoms with Crippen molar-refractivity contribution >= 4 is 5.84 Å². The molecule has 0 amide bonds. The molecule has 0 heterocycles. The molecule has 1 saturated carbocycles. The maximum absolute atomic E-state index is 7.44. The molecule has 1 rings (SSSR count). The van der Waals surface area contributed by atoms with E-state index in [-0.39, 0.29) is 11.9 Å². The summed E-state index contributed by atoms with van der Waals surface area (Å²) in [5.41, 5.74) is 5.52. The van der Waals surface area contributed by atoms with Crippen LogP contribution in [0, 0.1) is 11.3 Å². The summed E-state index contributed by atoms with van der Waals surface area (Å²) in [6, 6.07) is 0.711. The van der Waals surface area contributed by atoms with Gasteiger partial charge in [0.25, 0.3) is 0 Å². The molecule has 0 radical (unpaired) electrons. The van der Waals surface area contributed by atoms with Crippen LogP contribution in [-0.2, 0) is 0 Å². The van der Waals surface area contributed by atoms with E-state index in [0.29, 0.717) is 6.04 Å². The van der Waals surface area contributed by atoms with Gasteiger partial charge in [0.05, 0.1) is 6.04 Å². The zero-order chi connectivity index (χ0) is 10.7. The first-order chi connectivity index (χ1) is 6.52. The molecular weight excluding hydrogens is 174 g/mol. The van der Waals surface area contributed by atoms with Crippen LogP contribution in [-0.4, -0.2) is 29.9 Å². The van der Waals surface area contributed by atoms with E-state index in [1.54, 1.807) is 0 Å². The lowest BCUT2D eigenvalue weighted by atomic mass is 9.86. The summed E-state index contributed by atoms with van der Waals surface area (Å²) in [5, 5.41) is 7.44. The highest BCUT2D eigenvalue weighted by Crippen LogP contribution is 2.27. The topological polar surface area (TPSA) is 53.1 Å². The number of nitrogens with one attached hydrogen (secondary N) is 1. The van der Waals surface area contributed by atoms with Gasteiger partial charge in [-0.2, -0.15) is 0 Å². The molecule has 0 saturated heterocycles. The smallest absolute Gasteiger partial charge is 0.108 e. The lowest BCUT2D eigenvalue weighted by Crippen LogP contribution is -2.47. The molecule has 0 aromatic carbocycles. The summed E-state index contributed by atoms with van der Waals surface area (Å²) in [6.45, 7) is 4.33. The summed E-state index contributed by atoms with van der Waals surface area (Å²) >= 11 is 0. The highest BCUT2D eigenvalue weighted by Gasteiger charge is 2.25. The van der Waals surface area contributed by atoms with Crippen molar-refractivity contribution in [3.05, 3.63) is 0 Å².